The third kappa shape index (κ3) is 3.06. The monoisotopic (exact) mass is 411 g/mol. The highest BCUT2D eigenvalue weighted by Crippen LogP contribution is 2.48. The molecule has 30 heavy (non-hydrogen) atoms. The Labute approximate surface area is 172 Å². The average Bonchev–Trinajstić information content (AvgIpc) is 2.72. The van der Waals surface area contributed by atoms with Gasteiger partial charge in [0.15, 0.2) is 5.78 Å². The number of rotatable bonds is 3. The number of Topliss-reactive ketones (excluding diaryl/α,β-unsaturated/α-hetero) is 1. The maximum Gasteiger partial charge on any atom is 0.337 e. The molecule has 1 amide bonds. The minimum absolute atomic E-state index is 0.0388. The van der Waals surface area contributed by atoms with Gasteiger partial charge >= 0.3 is 5.97 Å². The van der Waals surface area contributed by atoms with Crippen molar-refractivity contribution in [2.45, 2.75) is 25.7 Å². The van der Waals surface area contributed by atoms with Crippen LogP contribution in [-0.2, 0) is 19.1 Å². The van der Waals surface area contributed by atoms with Crippen LogP contribution in [-0.4, -0.2) is 47.7 Å². The number of allylic oxidation sites excluding steroid dienone is 2. The summed E-state index contributed by atoms with van der Waals surface area (Å²) in [5.41, 5.74) is 1.59. The molecule has 2 heterocycles. The molecule has 3 aliphatic rings. The molecule has 156 valence electrons. The second-order valence-corrected chi connectivity index (χ2v) is 7.74. The number of nitrogens with zero attached hydrogens (tertiary/aromatic N) is 2. The van der Waals surface area contributed by atoms with Gasteiger partial charge in [-0.25, -0.2) is 4.79 Å². The van der Waals surface area contributed by atoms with Crippen LogP contribution in [0.15, 0.2) is 46.8 Å². The largest absolute Gasteiger partial charge is 0.466 e. The zero-order valence-electron chi connectivity index (χ0n) is 16.6. The van der Waals surface area contributed by atoms with Crippen molar-refractivity contribution in [3.63, 3.8) is 0 Å². The summed E-state index contributed by atoms with van der Waals surface area (Å²) in [5, 5.41) is 14.1. The van der Waals surface area contributed by atoms with E-state index in [0.29, 0.717) is 42.8 Å². The van der Waals surface area contributed by atoms with Gasteiger partial charge in [-0.15, -0.1) is 0 Å². The van der Waals surface area contributed by atoms with Crippen LogP contribution in [0.5, 0.6) is 0 Å². The summed E-state index contributed by atoms with van der Waals surface area (Å²) in [5.74, 6) is -2.09. The summed E-state index contributed by atoms with van der Waals surface area (Å²) in [6, 6.07) is 5.83. The smallest absolute Gasteiger partial charge is 0.337 e. The van der Waals surface area contributed by atoms with Crippen LogP contribution >= 0.6 is 0 Å². The van der Waals surface area contributed by atoms with E-state index in [9.17, 15) is 24.5 Å². The SMILES string of the molecule is COC(=O)C1=C2C(=O)NCCN2C2=C(C(=O)CC(C)C2)C1c1cccc([N+](=O)[O-])c1. The lowest BCUT2D eigenvalue weighted by molar-refractivity contribution is -0.384. The molecule has 1 saturated heterocycles. The lowest BCUT2D eigenvalue weighted by Gasteiger charge is -2.44. The molecule has 9 heteroatoms. The van der Waals surface area contributed by atoms with Crippen LogP contribution in [0, 0.1) is 16.0 Å². The number of hydrogen-bond donors (Lipinski definition) is 1. The lowest BCUT2D eigenvalue weighted by Crippen LogP contribution is -2.50. The highest BCUT2D eigenvalue weighted by molar-refractivity contribution is 6.09. The van der Waals surface area contributed by atoms with E-state index in [1.165, 1.54) is 25.3 Å². The number of carbonyl (C=O) groups excluding carboxylic acids is 3. The van der Waals surface area contributed by atoms with Crippen LogP contribution < -0.4 is 5.32 Å². The molecule has 1 aliphatic carbocycles. The van der Waals surface area contributed by atoms with Gasteiger partial charge in [0, 0.05) is 48.8 Å². The third-order valence-electron chi connectivity index (χ3n) is 5.77. The van der Waals surface area contributed by atoms with Crippen molar-refractivity contribution in [2.75, 3.05) is 20.2 Å². The Morgan fingerprint density at radius 3 is 2.77 bits per heavy atom. The number of benzene rings is 1. The number of nitrogens with one attached hydrogen (secondary N) is 1. The second kappa shape index (κ2) is 7.40. The number of piperazine rings is 1. The van der Waals surface area contributed by atoms with Gasteiger partial charge in [0.2, 0.25) is 0 Å². The Balaban J connectivity index is 2.02. The highest BCUT2D eigenvalue weighted by atomic mass is 16.6. The Hall–Kier alpha value is -3.49. The van der Waals surface area contributed by atoms with Crippen molar-refractivity contribution in [1.29, 1.82) is 0 Å². The van der Waals surface area contributed by atoms with Crippen LogP contribution in [0.3, 0.4) is 0 Å². The molecule has 0 aromatic heterocycles. The van der Waals surface area contributed by atoms with Gasteiger partial charge in [-0.3, -0.25) is 19.7 Å². The molecular formula is C21H21N3O6. The summed E-state index contributed by atoms with van der Waals surface area (Å²) in [4.78, 5) is 51.4. The lowest BCUT2D eigenvalue weighted by atomic mass is 9.72. The number of nitro benzene ring substituents is 1. The fourth-order valence-electron chi connectivity index (χ4n) is 4.58. The fraction of sp³-hybridized carbons (Fsp3) is 0.381. The first-order chi connectivity index (χ1) is 14.3. The molecule has 0 bridgehead atoms. The van der Waals surface area contributed by atoms with Crippen molar-refractivity contribution in [3.8, 4) is 0 Å². The van der Waals surface area contributed by atoms with Crippen LogP contribution in [0.25, 0.3) is 0 Å². The average molecular weight is 411 g/mol. The van der Waals surface area contributed by atoms with Gasteiger partial charge in [0.1, 0.15) is 5.70 Å². The second-order valence-electron chi connectivity index (χ2n) is 7.74. The molecule has 2 unspecified atom stereocenters. The van der Waals surface area contributed by atoms with E-state index in [0.717, 1.165) is 0 Å². The molecule has 1 fully saturated rings. The minimum Gasteiger partial charge on any atom is -0.466 e. The number of carbonyl (C=O) groups is 3. The number of fused-ring (bicyclic) bond motifs is 2. The highest BCUT2D eigenvalue weighted by Gasteiger charge is 2.47. The first-order valence-electron chi connectivity index (χ1n) is 9.72. The summed E-state index contributed by atoms with van der Waals surface area (Å²) in [7, 11) is 1.21. The van der Waals surface area contributed by atoms with E-state index in [1.54, 1.807) is 11.0 Å². The Morgan fingerprint density at radius 1 is 1.30 bits per heavy atom. The maximum absolute atomic E-state index is 13.2. The first-order valence-corrected chi connectivity index (χ1v) is 9.72. The molecule has 1 aromatic carbocycles. The number of methoxy groups -OCH3 is 1. The molecule has 0 saturated carbocycles. The molecule has 9 nitrogen and oxygen atoms in total. The van der Waals surface area contributed by atoms with Crippen molar-refractivity contribution in [1.82, 2.24) is 10.2 Å². The topological polar surface area (TPSA) is 119 Å². The molecular weight excluding hydrogens is 390 g/mol. The van der Waals surface area contributed by atoms with Crippen molar-refractivity contribution < 1.29 is 24.0 Å². The molecule has 2 aliphatic heterocycles. The van der Waals surface area contributed by atoms with Gasteiger partial charge in [-0.05, 0) is 17.9 Å². The number of non-ortho nitro benzene ring substituents is 1. The Kier molecular flexibility index (Phi) is 4.89. The molecule has 4 rings (SSSR count). The Bertz CT molecular complexity index is 1040. The van der Waals surface area contributed by atoms with E-state index >= 15 is 0 Å². The third-order valence-corrected chi connectivity index (χ3v) is 5.77. The number of ketones is 1. The van der Waals surface area contributed by atoms with Gasteiger partial charge < -0.3 is 15.0 Å². The van der Waals surface area contributed by atoms with Crippen LogP contribution in [0.4, 0.5) is 5.69 Å². The molecule has 1 N–H and O–H groups in total. The fourth-order valence-corrected chi connectivity index (χ4v) is 4.58. The summed E-state index contributed by atoms with van der Waals surface area (Å²) in [6.45, 7) is 2.78. The number of ether oxygens (including phenoxy) is 1. The normalized spacial score (nSPS) is 23.6. The summed E-state index contributed by atoms with van der Waals surface area (Å²) >= 11 is 0. The molecule has 1 aromatic rings. The minimum atomic E-state index is -0.901. The van der Waals surface area contributed by atoms with Crippen LogP contribution in [0.2, 0.25) is 0 Å². The van der Waals surface area contributed by atoms with E-state index in [-0.39, 0.29) is 28.7 Å². The van der Waals surface area contributed by atoms with Gasteiger partial charge in [0.05, 0.1) is 17.6 Å². The maximum atomic E-state index is 13.2. The molecule has 0 spiro atoms. The van der Waals surface area contributed by atoms with Gasteiger partial charge in [-0.1, -0.05) is 19.1 Å². The van der Waals surface area contributed by atoms with Crippen molar-refractivity contribution >= 4 is 23.3 Å². The molecule has 2 atom stereocenters. The van der Waals surface area contributed by atoms with Crippen molar-refractivity contribution in [2.24, 2.45) is 5.92 Å². The predicted molar refractivity (Wildman–Crippen MR) is 105 cm³/mol. The van der Waals surface area contributed by atoms with E-state index in [2.05, 4.69) is 5.32 Å². The van der Waals surface area contributed by atoms with E-state index in [4.69, 9.17) is 4.74 Å². The quantitative estimate of drug-likeness (QED) is 0.458. The zero-order valence-corrected chi connectivity index (χ0v) is 16.6. The van der Waals surface area contributed by atoms with Gasteiger partial charge in [-0.2, -0.15) is 0 Å². The number of hydrogen-bond acceptors (Lipinski definition) is 7. The van der Waals surface area contributed by atoms with Crippen LogP contribution in [0.1, 0.15) is 31.2 Å². The Morgan fingerprint density at radius 2 is 2.07 bits per heavy atom. The number of nitro groups is 1. The predicted octanol–water partition coefficient (Wildman–Crippen LogP) is 1.80. The zero-order chi connectivity index (χ0) is 21.6. The number of esters is 1. The van der Waals surface area contributed by atoms with E-state index < -0.39 is 22.7 Å². The number of amides is 1. The van der Waals surface area contributed by atoms with E-state index in [1.807, 2.05) is 6.92 Å². The summed E-state index contributed by atoms with van der Waals surface area (Å²) < 4.78 is 4.98. The van der Waals surface area contributed by atoms with Gasteiger partial charge in [0.25, 0.3) is 11.6 Å². The van der Waals surface area contributed by atoms with Crippen molar-refractivity contribution in [3.05, 3.63) is 62.5 Å². The standard InChI is InChI=1S/C21H21N3O6/c1-11-8-14-17(15(25)9-11)16(12-4-3-5-13(10-12)24(28)29)18(21(27)30-2)19-20(26)22-6-7-23(14)19/h3-5,10-11,16H,6-9H2,1-2H3,(H,22,26). The first kappa shape index (κ1) is 19.8. The molecule has 0 radical (unpaired) electrons. The summed E-state index contributed by atoms with van der Waals surface area (Å²) in [6.07, 6.45) is 0.895.